The van der Waals surface area contributed by atoms with Gasteiger partial charge in [-0.1, -0.05) is 38.1 Å². The summed E-state index contributed by atoms with van der Waals surface area (Å²) in [5.74, 6) is -1.27. The number of amides is 2. The molecule has 0 aliphatic carbocycles. The minimum atomic E-state index is -0.678. The largest absolute Gasteiger partial charge is 0.505 e. The van der Waals surface area contributed by atoms with Crippen LogP contribution < -0.4 is 11.5 Å². The molecule has 0 saturated heterocycles. The van der Waals surface area contributed by atoms with Gasteiger partial charge in [-0.05, 0) is 47.4 Å². The van der Waals surface area contributed by atoms with Gasteiger partial charge in [-0.2, -0.15) is 0 Å². The van der Waals surface area contributed by atoms with Gasteiger partial charge in [-0.25, -0.2) is 0 Å². The maximum atomic E-state index is 12.0. The molecule has 4 rings (SSSR count). The second-order valence-corrected chi connectivity index (χ2v) is 7.92. The molecule has 1 heterocycles. The van der Waals surface area contributed by atoms with Gasteiger partial charge in [-0.3, -0.25) is 9.59 Å². The van der Waals surface area contributed by atoms with Crippen molar-refractivity contribution >= 4 is 22.8 Å². The van der Waals surface area contributed by atoms with Gasteiger partial charge < -0.3 is 16.6 Å². The molecule has 0 saturated carbocycles. The molecule has 8 heteroatoms. The number of carbonyl (C=O) groups excluding carboxylic acids is 2. The molecule has 5 N–H and O–H groups in total. The molecule has 2 amide bonds. The van der Waals surface area contributed by atoms with Gasteiger partial charge in [0, 0.05) is 23.1 Å². The van der Waals surface area contributed by atoms with Crippen molar-refractivity contribution in [3.63, 3.8) is 0 Å². The number of carbonyl (C=O) groups is 2. The zero-order valence-electron chi connectivity index (χ0n) is 17.7. The van der Waals surface area contributed by atoms with Gasteiger partial charge in [-0.15, -0.1) is 15.0 Å². The highest BCUT2D eigenvalue weighted by atomic mass is 16.3. The number of benzene rings is 3. The van der Waals surface area contributed by atoms with Gasteiger partial charge in [0.25, 0.3) is 0 Å². The number of hydrogen-bond donors (Lipinski definition) is 3. The van der Waals surface area contributed by atoms with Crippen LogP contribution in [0.25, 0.3) is 16.7 Å². The number of hydrogen-bond acceptors (Lipinski definition) is 5. The van der Waals surface area contributed by atoms with E-state index < -0.39 is 11.8 Å². The average molecular weight is 429 g/mol. The summed E-state index contributed by atoms with van der Waals surface area (Å²) in [6.45, 7) is 4.05. The maximum absolute atomic E-state index is 12.0. The monoisotopic (exact) mass is 429 g/mol. The number of nitrogens with two attached hydrogens (primary N) is 2. The molecule has 0 bridgehead atoms. The average Bonchev–Trinajstić information content (AvgIpc) is 3.18. The van der Waals surface area contributed by atoms with E-state index in [4.69, 9.17) is 11.5 Å². The molecule has 0 aliphatic rings. The summed E-state index contributed by atoms with van der Waals surface area (Å²) >= 11 is 0. The summed E-state index contributed by atoms with van der Waals surface area (Å²) < 4.78 is 0. The first-order valence-corrected chi connectivity index (χ1v) is 10.2. The van der Waals surface area contributed by atoms with Gasteiger partial charge in [0.15, 0.2) is 0 Å². The van der Waals surface area contributed by atoms with Gasteiger partial charge in [0.2, 0.25) is 11.8 Å². The number of aromatic nitrogens is 3. The Labute approximate surface area is 184 Å². The minimum absolute atomic E-state index is 0.0515. The van der Waals surface area contributed by atoms with Crippen LogP contribution in [0, 0.1) is 0 Å². The smallest absolute Gasteiger partial charge is 0.249 e. The van der Waals surface area contributed by atoms with Gasteiger partial charge >= 0.3 is 0 Å². The van der Waals surface area contributed by atoms with Crippen molar-refractivity contribution in [1.82, 2.24) is 15.0 Å². The number of phenols is 1. The van der Waals surface area contributed by atoms with E-state index in [0.717, 1.165) is 5.56 Å². The highest BCUT2D eigenvalue weighted by Gasteiger charge is 2.21. The molecule has 8 nitrogen and oxygen atoms in total. The van der Waals surface area contributed by atoms with Crippen molar-refractivity contribution in [2.24, 2.45) is 11.5 Å². The fourth-order valence-electron chi connectivity index (χ4n) is 3.72. The molecule has 1 aromatic heterocycles. The van der Waals surface area contributed by atoms with Crippen molar-refractivity contribution in [2.45, 2.75) is 26.2 Å². The molecule has 162 valence electrons. The van der Waals surface area contributed by atoms with E-state index in [-0.39, 0.29) is 29.2 Å². The Morgan fingerprint density at radius 2 is 1.50 bits per heavy atom. The lowest BCUT2D eigenvalue weighted by molar-refractivity contribution is 0.0999. The van der Waals surface area contributed by atoms with E-state index in [1.807, 2.05) is 50.2 Å². The molecule has 0 aliphatic heterocycles. The van der Waals surface area contributed by atoms with Crippen LogP contribution in [0.3, 0.4) is 0 Å². The number of nitrogens with zero attached hydrogens (tertiary/aromatic N) is 3. The van der Waals surface area contributed by atoms with E-state index in [1.165, 1.54) is 16.9 Å². The SMILES string of the molecule is CC(C)c1cc(Cc2c(C(N)=O)cccc2C(N)=O)c(O)c(-n2nc3ccccc3n2)c1. The molecule has 0 spiro atoms. The van der Waals surface area contributed by atoms with Crippen LogP contribution in [0.4, 0.5) is 0 Å². The Morgan fingerprint density at radius 1 is 0.938 bits per heavy atom. The highest BCUT2D eigenvalue weighted by molar-refractivity contribution is 6.01. The molecular formula is C24H23N5O3. The summed E-state index contributed by atoms with van der Waals surface area (Å²) in [5.41, 5.74) is 15.0. The van der Waals surface area contributed by atoms with Crippen LogP contribution in [0.5, 0.6) is 5.75 Å². The van der Waals surface area contributed by atoms with Crippen LogP contribution in [0.15, 0.2) is 54.6 Å². The second kappa shape index (κ2) is 8.14. The third-order valence-electron chi connectivity index (χ3n) is 5.43. The number of phenolic OH excluding ortho intramolecular Hbond substituents is 1. The third-order valence-corrected chi connectivity index (χ3v) is 5.43. The van der Waals surface area contributed by atoms with Crippen LogP contribution in [-0.2, 0) is 6.42 Å². The van der Waals surface area contributed by atoms with Crippen molar-refractivity contribution < 1.29 is 14.7 Å². The normalized spacial score (nSPS) is 11.2. The number of rotatable bonds is 6. The Balaban J connectivity index is 1.91. The minimum Gasteiger partial charge on any atom is -0.505 e. The van der Waals surface area contributed by atoms with E-state index >= 15 is 0 Å². The summed E-state index contributed by atoms with van der Waals surface area (Å²) in [6.07, 6.45) is 0.0809. The fourth-order valence-corrected chi connectivity index (χ4v) is 3.72. The first-order chi connectivity index (χ1) is 15.3. The quantitative estimate of drug-likeness (QED) is 0.433. The molecule has 3 aromatic carbocycles. The van der Waals surface area contributed by atoms with Gasteiger partial charge in [0.05, 0.1) is 0 Å². The molecule has 32 heavy (non-hydrogen) atoms. The Hall–Kier alpha value is -4.20. The predicted molar refractivity (Wildman–Crippen MR) is 121 cm³/mol. The predicted octanol–water partition coefficient (Wildman–Crippen LogP) is 3.04. The van der Waals surface area contributed by atoms with E-state index in [1.54, 1.807) is 6.07 Å². The summed E-state index contributed by atoms with van der Waals surface area (Å²) in [5, 5.41) is 20.1. The van der Waals surface area contributed by atoms with Crippen LogP contribution in [-0.4, -0.2) is 31.9 Å². The lowest BCUT2D eigenvalue weighted by Gasteiger charge is -2.17. The number of aromatic hydroxyl groups is 1. The Bertz CT molecular complexity index is 1290. The molecule has 0 radical (unpaired) electrons. The molecule has 0 fully saturated rings. The summed E-state index contributed by atoms with van der Waals surface area (Å²) in [7, 11) is 0. The molecule has 0 atom stereocenters. The first kappa shape index (κ1) is 21.0. The van der Waals surface area contributed by atoms with Gasteiger partial charge in [0.1, 0.15) is 22.5 Å². The Morgan fingerprint density at radius 3 is 2.00 bits per heavy atom. The maximum Gasteiger partial charge on any atom is 0.249 e. The Kier molecular flexibility index (Phi) is 5.36. The van der Waals surface area contributed by atoms with Crippen molar-refractivity contribution in [1.29, 1.82) is 0 Å². The zero-order chi connectivity index (χ0) is 23.0. The van der Waals surface area contributed by atoms with Crippen molar-refractivity contribution in [3.8, 4) is 11.4 Å². The zero-order valence-corrected chi connectivity index (χ0v) is 17.7. The van der Waals surface area contributed by atoms with Crippen molar-refractivity contribution in [3.05, 3.63) is 82.4 Å². The van der Waals surface area contributed by atoms with E-state index in [0.29, 0.717) is 27.8 Å². The fraction of sp³-hybridized carbons (Fsp3) is 0.167. The van der Waals surface area contributed by atoms with Crippen LogP contribution in [0.2, 0.25) is 0 Å². The van der Waals surface area contributed by atoms with Crippen LogP contribution in [0.1, 0.15) is 57.2 Å². The van der Waals surface area contributed by atoms with E-state index in [9.17, 15) is 14.7 Å². The van der Waals surface area contributed by atoms with E-state index in [2.05, 4.69) is 10.2 Å². The molecular weight excluding hydrogens is 406 g/mol. The summed E-state index contributed by atoms with van der Waals surface area (Å²) in [6, 6.07) is 15.7. The molecule has 0 unspecified atom stereocenters. The van der Waals surface area contributed by atoms with Crippen molar-refractivity contribution in [2.75, 3.05) is 0 Å². The topological polar surface area (TPSA) is 137 Å². The summed E-state index contributed by atoms with van der Waals surface area (Å²) in [4.78, 5) is 25.4. The number of primary amides is 2. The standard InChI is InChI=1S/C24H23N5O3/c1-13(2)14-10-15(11-18-16(23(25)31)6-5-7-17(18)24(26)32)22(30)21(12-14)29-27-19-8-3-4-9-20(19)28-29/h3-10,12-13,30H,11H2,1-2H3,(H2,25,31)(H2,26,32). The number of fused-ring (bicyclic) bond motifs is 1. The molecule has 4 aromatic rings. The van der Waals surface area contributed by atoms with Crippen LogP contribution >= 0.6 is 0 Å². The highest BCUT2D eigenvalue weighted by Crippen LogP contribution is 2.33. The lowest BCUT2D eigenvalue weighted by atomic mass is 9.91. The lowest BCUT2D eigenvalue weighted by Crippen LogP contribution is -2.20. The third kappa shape index (κ3) is 3.78. The second-order valence-electron chi connectivity index (χ2n) is 7.92. The first-order valence-electron chi connectivity index (χ1n) is 10.2.